The quantitative estimate of drug-likeness (QED) is 0.776. The second-order valence-electron chi connectivity index (χ2n) is 4.91. The SMILES string of the molecule is CC.CC(C)(C)OC(=O)NC1CCC(O)C1.FCF. The van der Waals surface area contributed by atoms with Crippen LogP contribution in [0, 0.1) is 0 Å². The molecule has 1 rings (SSSR count). The van der Waals surface area contributed by atoms with Crippen LogP contribution in [0.4, 0.5) is 13.6 Å². The first-order chi connectivity index (χ1) is 8.78. The summed E-state index contributed by atoms with van der Waals surface area (Å²) in [4.78, 5) is 11.3. The highest BCUT2D eigenvalue weighted by atomic mass is 19.3. The molecule has 1 amide bonds. The topological polar surface area (TPSA) is 58.6 Å². The molecule has 0 spiro atoms. The number of ether oxygens (including phenoxy) is 1. The van der Waals surface area contributed by atoms with Crippen molar-refractivity contribution in [3.05, 3.63) is 0 Å². The van der Waals surface area contributed by atoms with Crippen molar-refractivity contribution in [1.29, 1.82) is 0 Å². The van der Waals surface area contributed by atoms with Crippen molar-refractivity contribution in [2.75, 3.05) is 6.93 Å². The Morgan fingerprint density at radius 1 is 1.32 bits per heavy atom. The number of carbonyl (C=O) groups is 1. The molecule has 6 heteroatoms. The lowest BCUT2D eigenvalue weighted by Gasteiger charge is -2.21. The van der Waals surface area contributed by atoms with Crippen molar-refractivity contribution in [3.8, 4) is 0 Å². The first-order valence-corrected chi connectivity index (χ1v) is 6.58. The largest absolute Gasteiger partial charge is 0.444 e. The smallest absolute Gasteiger partial charge is 0.407 e. The molecule has 0 saturated heterocycles. The number of hydrogen-bond donors (Lipinski definition) is 2. The van der Waals surface area contributed by atoms with Crippen LogP contribution in [-0.2, 0) is 4.74 Å². The molecule has 0 heterocycles. The van der Waals surface area contributed by atoms with E-state index in [2.05, 4.69) is 5.32 Å². The van der Waals surface area contributed by atoms with Gasteiger partial charge in [-0.1, -0.05) is 13.8 Å². The minimum absolute atomic E-state index is 0.0693. The normalized spacial score (nSPS) is 21.5. The summed E-state index contributed by atoms with van der Waals surface area (Å²) in [6.07, 6.45) is 1.58. The number of aliphatic hydroxyl groups excluding tert-OH is 1. The Kier molecular flexibility index (Phi) is 11.8. The van der Waals surface area contributed by atoms with E-state index in [1.165, 1.54) is 0 Å². The van der Waals surface area contributed by atoms with Gasteiger partial charge in [0.15, 0.2) is 0 Å². The standard InChI is InChI=1S/C10H19NO3.C2H6.CH2F2/c1-10(2,3)14-9(13)11-7-4-5-8(12)6-7;1-2;2-1-3/h7-8,12H,4-6H2,1-3H3,(H,11,13);1-2H3;1H2. The third-order valence-corrected chi connectivity index (χ3v) is 2.13. The van der Waals surface area contributed by atoms with E-state index in [-0.39, 0.29) is 12.1 Å². The van der Waals surface area contributed by atoms with Crippen molar-refractivity contribution in [3.63, 3.8) is 0 Å². The van der Waals surface area contributed by atoms with Crippen LogP contribution in [0.3, 0.4) is 0 Å². The number of nitrogens with one attached hydrogen (secondary N) is 1. The summed E-state index contributed by atoms with van der Waals surface area (Å²) in [6.45, 7) is 7.74. The van der Waals surface area contributed by atoms with Crippen LogP contribution in [0.2, 0.25) is 0 Å². The van der Waals surface area contributed by atoms with Gasteiger partial charge in [0.25, 0.3) is 0 Å². The molecule has 0 radical (unpaired) electrons. The highest BCUT2D eigenvalue weighted by Crippen LogP contribution is 2.19. The fourth-order valence-corrected chi connectivity index (χ4v) is 1.56. The van der Waals surface area contributed by atoms with Gasteiger partial charge >= 0.3 is 6.09 Å². The number of aliphatic hydroxyl groups is 1. The molecule has 1 fully saturated rings. The van der Waals surface area contributed by atoms with Crippen molar-refractivity contribution >= 4 is 6.09 Å². The maximum atomic E-state index is 11.3. The van der Waals surface area contributed by atoms with Gasteiger partial charge in [0.2, 0.25) is 6.93 Å². The second-order valence-corrected chi connectivity index (χ2v) is 4.91. The van der Waals surface area contributed by atoms with Gasteiger partial charge in [-0.15, -0.1) is 0 Å². The summed E-state index contributed by atoms with van der Waals surface area (Å²) in [5.41, 5.74) is -0.457. The maximum absolute atomic E-state index is 11.3. The fraction of sp³-hybridized carbons (Fsp3) is 0.923. The first-order valence-electron chi connectivity index (χ1n) is 6.58. The lowest BCUT2D eigenvalue weighted by atomic mass is 10.2. The molecular formula is C13H27F2NO3. The summed E-state index contributed by atoms with van der Waals surface area (Å²) >= 11 is 0. The number of amides is 1. The number of hydrogen-bond acceptors (Lipinski definition) is 3. The molecule has 19 heavy (non-hydrogen) atoms. The number of alkyl halides is 2. The van der Waals surface area contributed by atoms with Gasteiger partial charge in [-0.2, -0.15) is 0 Å². The second kappa shape index (κ2) is 11.0. The summed E-state index contributed by atoms with van der Waals surface area (Å²) < 4.78 is 24.4. The monoisotopic (exact) mass is 283 g/mol. The summed E-state index contributed by atoms with van der Waals surface area (Å²) in [5, 5.41) is 12.0. The van der Waals surface area contributed by atoms with Gasteiger partial charge in [0.1, 0.15) is 5.60 Å². The summed E-state index contributed by atoms with van der Waals surface area (Å²) in [7, 11) is 0. The van der Waals surface area contributed by atoms with Crippen molar-refractivity contribution in [2.24, 2.45) is 0 Å². The Morgan fingerprint density at radius 2 is 1.79 bits per heavy atom. The molecular weight excluding hydrogens is 256 g/mol. The lowest BCUT2D eigenvalue weighted by molar-refractivity contribution is 0.0502. The number of halogens is 2. The number of alkyl carbamates (subject to hydrolysis) is 1. The Labute approximate surface area is 114 Å². The first kappa shape index (κ1) is 20.4. The minimum Gasteiger partial charge on any atom is -0.444 e. The lowest BCUT2D eigenvalue weighted by Crippen LogP contribution is -2.38. The van der Waals surface area contributed by atoms with Gasteiger partial charge in [-0.05, 0) is 40.0 Å². The van der Waals surface area contributed by atoms with Crippen molar-refractivity contribution in [1.82, 2.24) is 5.32 Å². The Balaban J connectivity index is 0. The zero-order chi connectivity index (χ0) is 15.5. The molecule has 0 aromatic carbocycles. The van der Waals surface area contributed by atoms with E-state index >= 15 is 0 Å². The summed E-state index contributed by atoms with van der Waals surface area (Å²) in [5.74, 6) is 0. The zero-order valence-electron chi connectivity index (χ0n) is 12.5. The van der Waals surface area contributed by atoms with Gasteiger partial charge in [-0.25, -0.2) is 13.6 Å². The Morgan fingerprint density at radius 3 is 2.11 bits per heavy atom. The van der Waals surface area contributed by atoms with Crippen LogP contribution in [0.25, 0.3) is 0 Å². The number of rotatable bonds is 1. The molecule has 4 nitrogen and oxygen atoms in total. The fourth-order valence-electron chi connectivity index (χ4n) is 1.56. The maximum Gasteiger partial charge on any atom is 0.407 e. The predicted molar refractivity (Wildman–Crippen MR) is 71.4 cm³/mol. The van der Waals surface area contributed by atoms with E-state index in [4.69, 9.17) is 4.74 Å². The van der Waals surface area contributed by atoms with Crippen LogP contribution in [0.15, 0.2) is 0 Å². The third-order valence-electron chi connectivity index (χ3n) is 2.13. The molecule has 0 aromatic heterocycles. The minimum atomic E-state index is -1.75. The van der Waals surface area contributed by atoms with Crippen molar-refractivity contribution in [2.45, 2.75) is 71.6 Å². The van der Waals surface area contributed by atoms with Crippen LogP contribution in [-0.4, -0.2) is 35.9 Å². The van der Waals surface area contributed by atoms with E-state index in [9.17, 15) is 18.7 Å². The molecule has 0 aliphatic heterocycles. The molecule has 0 bridgehead atoms. The van der Waals surface area contributed by atoms with Crippen LogP contribution in [0.1, 0.15) is 53.9 Å². The van der Waals surface area contributed by atoms with Gasteiger partial charge in [-0.3, -0.25) is 0 Å². The average molecular weight is 283 g/mol. The molecule has 116 valence electrons. The van der Waals surface area contributed by atoms with Crippen LogP contribution in [0.5, 0.6) is 0 Å². The molecule has 2 unspecified atom stereocenters. The molecule has 2 atom stereocenters. The van der Waals surface area contributed by atoms with Gasteiger partial charge in [0, 0.05) is 6.04 Å². The zero-order valence-corrected chi connectivity index (χ0v) is 12.5. The van der Waals surface area contributed by atoms with E-state index in [1.54, 1.807) is 0 Å². The van der Waals surface area contributed by atoms with Crippen LogP contribution < -0.4 is 5.32 Å². The predicted octanol–water partition coefficient (Wildman–Crippen LogP) is 3.33. The molecule has 1 aliphatic rings. The Hall–Kier alpha value is -0.910. The van der Waals surface area contributed by atoms with E-state index < -0.39 is 18.6 Å². The third kappa shape index (κ3) is 13.3. The molecule has 1 aliphatic carbocycles. The molecule has 2 N–H and O–H groups in total. The van der Waals surface area contributed by atoms with E-state index in [0.717, 1.165) is 12.8 Å². The Bertz CT molecular complexity index is 232. The highest BCUT2D eigenvalue weighted by molar-refractivity contribution is 5.68. The van der Waals surface area contributed by atoms with E-state index in [1.807, 2.05) is 34.6 Å². The van der Waals surface area contributed by atoms with Crippen LogP contribution >= 0.6 is 0 Å². The van der Waals surface area contributed by atoms with Gasteiger partial charge in [0.05, 0.1) is 6.10 Å². The number of carbonyl (C=O) groups excluding carboxylic acids is 1. The molecule has 1 saturated carbocycles. The van der Waals surface area contributed by atoms with Crippen molar-refractivity contribution < 1.29 is 23.4 Å². The molecule has 0 aromatic rings. The average Bonchev–Trinajstić information content (AvgIpc) is 2.65. The summed E-state index contributed by atoms with van der Waals surface area (Å²) in [6, 6.07) is 0.0693. The highest BCUT2D eigenvalue weighted by Gasteiger charge is 2.26. The van der Waals surface area contributed by atoms with E-state index in [0.29, 0.717) is 6.42 Å². The van der Waals surface area contributed by atoms with Gasteiger partial charge < -0.3 is 15.2 Å².